The smallest absolute Gasteiger partial charge is 0.167 e. The number of hydrogen-bond donors (Lipinski definition) is 1. The van der Waals surface area contributed by atoms with Gasteiger partial charge in [-0.3, -0.25) is 5.10 Å². The number of nitrogens with zero attached hydrogens (tertiary/aromatic N) is 4. The van der Waals surface area contributed by atoms with Crippen LogP contribution < -0.4 is 9.64 Å². The van der Waals surface area contributed by atoms with Crippen LogP contribution in [0, 0.1) is 5.82 Å². The first-order valence-electron chi connectivity index (χ1n) is 9.68. The Hall–Kier alpha value is -2.67. The maximum absolute atomic E-state index is 14.3. The molecule has 2 aromatic heterocycles. The first-order valence-corrected chi connectivity index (χ1v) is 9.68. The van der Waals surface area contributed by atoms with Crippen molar-refractivity contribution in [3.8, 4) is 17.0 Å². The van der Waals surface area contributed by atoms with Gasteiger partial charge in [-0.05, 0) is 46.0 Å². The lowest BCUT2D eigenvalue weighted by atomic mass is 10.1. The zero-order chi connectivity index (χ0) is 19.8. The molecule has 1 aliphatic heterocycles. The van der Waals surface area contributed by atoms with E-state index in [2.05, 4.69) is 45.0 Å². The van der Waals surface area contributed by atoms with Crippen molar-refractivity contribution in [1.82, 2.24) is 20.1 Å². The lowest BCUT2D eigenvalue weighted by molar-refractivity contribution is 0.231. The number of piperazine rings is 1. The minimum atomic E-state index is -0.391. The molecule has 3 heterocycles. The lowest BCUT2D eigenvalue weighted by Gasteiger charge is -2.38. The van der Waals surface area contributed by atoms with E-state index in [1.807, 2.05) is 26.1 Å². The van der Waals surface area contributed by atoms with Crippen LogP contribution in [-0.2, 0) is 0 Å². The van der Waals surface area contributed by atoms with E-state index in [-0.39, 0.29) is 11.9 Å². The summed E-state index contributed by atoms with van der Waals surface area (Å²) in [6.45, 7) is 8.87. The van der Waals surface area contributed by atoms with Crippen LogP contribution in [0.3, 0.4) is 0 Å². The number of H-pyrrole nitrogens is 1. The lowest BCUT2D eigenvalue weighted by Crippen LogP contribution is -2.50. The molecule has 0 spiro atoms. The molecule has 1 aliphatic rings. The van der Waals surface area contributed by atoms with Crippen LogP contribution in [0.4, 0.5) is 10.2 Å². The van der Waals surface area contributed by atoms with Crippen molar-refractivity contribution >= 4 is 16.7 Å². The van der Waals surface area contributed by atoms with Gasteiger partial charge in [0.15, 0.2) is 11.6 Å². The number of benzene rings is 1. The highest BCUT2D eigenvalue weighted by molar-refractivity contribution is 5.94. The third kappa shape index (κ3) is 3.54. The van der Waals surface area contributed by atoms with Crippen LogP contribution in [0.5, 0.6) is 5.75 Å². The Labute approximate surface area is 164 Å². The average molecular weight is 383 g/mol. The molecule has 0 amide bonds. The minimum absolute atomic E-state index is 0.103. The van der Waals surface area contributed by atoms with Gasteiger partial charge in [-0.15, -0.1) is 0 Å². The molecule has 7 heteroatoms. The van der Waals surface area contributed by atoms with Gasteiger partial charge in [-0.25, -0.2) is 9.37 Å². The van der Waals surface area contributed by atoms with E-state index in [1.165, 1.54) is 6.07 Å². The van der Waals surface area contributed by atoms with Gasteiger partial charge in [-0.2, -0.15) is 5.10 Å². The van der Waals surface area contributed by atoms with Crippen molar-refractivity contribution in [1.29, 1.82) is 0 Å². The highest BCUT2D eigenvalue weighted by Crippen LogP contribution is 2.32. The number of nitrogens with one attached hydrogen (secondary N) is 1. The Balaban J connectivity index is 1.70. The fourth-order valence-electron chi connectivity index (χ4n) is 3.58. The molecule has 0 unspecified atom stereocenters. The number of ether oxygens (including phenoxy) is 1. The third-order valence-corrected chi connectivity index (χ3v) is 5.28. The van der Waals surface area contributed by atoms with Crippen molar-refractivity contribution in [3.05, 3.63) is 36.3 Å². The summed E-state index contributed by atoms with van der Waals surface area (Å²) >= 11 is 0. The van der Waals surface area contributed by atoms with Gasteiger partial charge in [0.1, 0.15) is 11.5 Å². The molecular weight excluding hydrogens is 357 g/mol. The molecule has 6 nitrogen and oxygen atoms in total. The molecule has 0 bridgehead atoms. The number of halogens is 1. The zero-order valence-corrected chi connectivity index (χ0v) is 16.7. The van der Waals surface area contributed by atoms with Gasteiger partial charge in [-0.1, -0.05) is 0 Å². The first-order chi connectivity index (χ1) is 13.4. The number of rotatable bonds is 4. The van der Waals surface area contributed by atoms with Gasteiger partial charge in [0.2, 0.25) is 0 Å². The molecule has 1 fully saturated rings. The number of fused-ring (bicyclic) bond motifs is 1. The van der Waals surface area contributed by atoms with Crippen LogP contribution in [0.25, 0.3) is 22.2 Å². The van der Waals surface area contributed by atoms with Crippen molar-refractivity contribution in [2.75, 3.05) is 31.6 Å². The normalized spacial score (nSPS) is 18.2. The summed E-state index contributed by atoms with van der Waals surface area (Å²) in [7, 11) is 2.15. The SMILES string of the molecule is CC(C)Oc1cc2c(-c3ccnc(N4CCN(C)[C@@H](C)C4)c3)n[nH]c2cc1F. The van der Waals surface area contributed by atoms with Gasteiger partial charge >= 0.3 is 0 Å². The van der Waals surface area contributed by atoms with Crippen LogP contribution >= 0.6 is 0 Å². The average Bonchev–Trinajstić information content (AvgIpc) is 3.06. The van der Waals surface area contributed by atoms with Gasteiger partial charge in [0.05, 0.1) is 11.6 Å². The van der Waals surface area contributed by atoms with E-state index in [0.29, 0.717) is 11.6 Å². The number of aromatic amines is 1. The molecule has 0 radical (unpaired) electrons. The van der Waals surface area contributed by atoms with E-state index in [4.69, 9.17) is 4.74 Å². The Kier molecular flexibility index (Phi) is 4.93. The summed E-state index contributed by atoms with van der Waals surface area (Å²) in [5.41, 5.74) is 2.37. The predicted octanol–water partition coefficient (Wildman–Crippen LogP) is 3.69. The molecule has 1 atom stereocenters. The van der Waals surface area contributed by atoms with E-state index in [1.54, 1.807) is 6.07 Å². The molecule has 148 valence electrons. The van der Waals surface area contributed by atoms with Gasteiger partial charge in [0, 0.05) is 48.9 Å². The molecular formula is C21H26FN5O. The van der Waals surface area contributed by atoms with Crippen molar-refractivity contribution in [2.45, 2.75) is 32.9 Å². The standard InChI is InChI=1S/C21H26FN5O/c1-13(2)28-19-10-16-18(11-17(19)22)24-25-21(16)15-5-6-23-20(9-15)27-8-7-26(4)14(3)12-27/h5-6,9-11,13-14H,7-8,12H2,1-4H3,(H,24,25)/t14-/m0/s1. The summed E-state index contributed by atoms with van der Waals surface area (Å²) in [6, 6.07) is 7.63. The monoisotopic (exact) mass is 383 g/mol. The summed E-state index contributed by atoms with van der Waals surface area (Å²) in [5, 5.41) is 8.21. The number of anilines is 1. The number of likely N-dealkylation sites (N-methyl/N-ethyl adjacent to an activating group) is 1. The summed E-state index contributed by atoms with van der Waals surface area (Å²) in [6.07, 6.45) is 1.71. The van der Waals surface area contributed by atoms with Gasteiger partial charge < -0.3 is 14.5 Å². The number of hydrogen-bond acceptors (Lipinski definition) is 5. The maximum Gasteiger partial charge on any atom is 0.167 e. The molecule has 28 heavy (non-hydrogen) atoms. The summed E-state index contributed by atoms with van der Waals surface area (Å²) < 4.78 is 19.9. The number of aromatic nitrogens is 3. The van der Waals surface area contributed by atoms with Crippen LogP contribution in [0.1, 0.15) is 20.8 Å². The Morgan fingerprint density at radius 1 is 1.25 bits per heavy atom. The van der Waals surface area contributed by atoms with Crippen LogP contribution in [0.2, 0.25) is 0 Å². The van der Waals surface area contributed by atoms with E-state index < -0.39 is 5.82 Å². The molecule has 1 aromatic carbocycles. The second-order valence-electron chi connectivity index (χ2n) is 7.75. The fraction of sp³-hybridized carbons (Fsp3) is 0.429. The minimum Gasteiger partial charge on any atom is -0.488 e. The van der Waals surface area contributed by atoms with E-state index in [9.17, 15) is 4.39 Å². The molecule has 4 rings (SSSR count). The summed E-state index contributed by atoms with van der Waals surface area (Å²) in [4.78, 5) is 9.22. The quantitative estimate of drug-likeness (QED) is 0.745. The van der Waals surface area contributed by atoms with Crippen LogP contribution in [-0.4, -0.2) is 58.9 Å². The largest absolute Gasteiger partial charge is 0.488 e. The van der Waals surface area contributed by atoms with Crippen molar-refractivity contribution < 1.29 is 9.13 Å². The first kappa shape index (κ1) is 18.7. The topological polar surface area (TPSA) is 57.3 Å². The van der Waals surface area contributed by atoms with Crippen LogP contribution in [0.15, 0.2) is 30.5 Å². The second kappa shape index (κ2) is 7.39. The Bertz CT molecular complexity index is 986. The zero-order valence-electron chi connectivity index (χ0n) is 16.7. The Morgan fingerprint density at radius 3 is 2.82 bits per heavy atom. The summed E-state index contributed by atoms with van der Waals surface area (Å²) in [5.74, 6) is 0.792. The number of pyridine rings is 1. The third-order valence-electron chi connectivity index (χ3n) is 5.28. The molecule has 0 saturated carbocycles. The second-order valence-corrected chi connectivity index (χ2v) is 7.75. The molecule has 1 N–H and O–H groups in total. The fourth-order valence-corrected chi connectivity index (χ4v) is 3.58. The van der Waals surface area contributed by atoms with Gasteiger partial charge in [0.25, 0.3) is 0 Å². The highest BCUT2D eigenvalue weighted by Gasteiger charge is 2.22. The molecule has 3 aromatic rings. The highest BCUT2D eigenvalue weighted by atomic mass is 19.1. The van der Waals surface area contributed by atoms with Crippen molar-refractivity contribution in [2.24, 2.45) is 0 Å². The Morgan fingerprint density at radius 2 is 2.07 bits per heavy atom. The van der Waals surface area contributed by atoms with E-state index >= 15 is 0 Å². The predicted molar refractivity (Wildman–Crippen MR) is 109 cm³/mol. The van der Waals surface area contributed by atoms with Crippen molar-refractivity contribution in [3.63, 3.8) is 0 Å². The van der Waals surface area contributed by atoms with E-state index in [0.717, 1.165) is 42.1 Å². The maximum atomic E-state index is 14.3. The molecule has 1 saturated heterocycles. The molecule has 0 aliphatic carbocycles.